The number of halogens is 1. The molecule has 0 saturated heterocycles. The van der Waals surface area contributed by atoms with Crippen LogP contribution in [0.2, 0.25) is 5.02 Å². The molecular weight excluding hydrogens is 574 g/mol. The largest absolute Gasteiger partial charge is 0.494 e. The summed E-state index contributed by atoms with van der Waals surface area (Å²) in [5, 5.41) is 3.54. The Labute approximate surface area is 254 Å². The minimum absolute atomic E-state index is 0.0585. The van der Waals surface area contributed by atoms with Crippen molar-refractivity contribution in [3.63, 3.8) is 0 Å². The quantitative estimate of drug-likeness (QED) is 0.232. The highest BCUT2D eigenvalue weighted by Gasteiger charge is 2.30. The second-order valence-corrected chi connectivity index (χ2v) is 12.4. The number of sulfonamides is 1. The number of hydrogen-bond acceptors (Lipinski definition) is 5. The van der Waals surface area contributed by atoms with Gasteiger partial charge < -0.3 is 15.0 Å². The van der Waals surface area contributed by atoms with Crippen LogP contribution < -0.4 is 14.4 Å². The van der Waals surface area contributed by atoms with Crippen LogP contribution in [0.5, 0.6) is 5.75 Å². The maximum atomic E-state index is 13.8. The summed E-state index contributed by atoms with van der Waals surface area (Å²) in [5.74, 6) is 0.182. The van der Waals surface area contributed by atoms with Gasteiger partial charge in [-0.1, -0.05) is 61.0 Å². The molecule has 2 amide bonds. The Bertz CT molecular complexity index is 1380. The molecule has 1 N–H and O–H groups in total. The molecule has 0 bridgehead atoms. The zero-order valence-electron chi connectivity index (χ0n) is 24.5. The van der Waals surface area contributed by atoms with Gasteiger partial charge >= 0.3 is 0 Å². The van der Waals surface area contributed by atoms with E-state index in [1.807, 2.05) is 56.3 Å². The molecule has 42 heavy (non-hydrogen) atoms. The van der Waals surface area contributed by atoms with E-state index in [1.165, 1.54) is 4.31 Å². The molecule has 0 aromatic heterocycles. The van der Waals surface area contributed by atoms with Gasteiger partial charge in [0.1, 0.15) is 11.8 Å². The first-order chi connectivity index (χ1) is 20.1. The molecule has 1 atom stereocenters. The van der Waals surface area contributed by atoms with E-state index >= 15 is 0 Å². The third kappa shape index (κ3) is 10.1. The Morgan fingerprint density at radius 3 is 2.19 bits per heavy atom. The number of ether oxygens (including phenoxy) is 1. The highest BCUT2D eigenvalue weighted by Crippen LogP contribution is 2.23. The van der Waals surface area contributed by atoms with Crippen LogP contribution in [0.1, 0.15) is 44.2 Å². The predicted octanol–water partition coefficient (Wildman–Crippen LogP) is 5.45. The number of carbonyl (C=O) groups excluding carboxylic acids is 2. The molecule has 10 heteroatoms. The number of nitrogens with zero attached hydrogens (tertiary/aromatic N) is 2. The molecule has 226 valence electrons. The summed E-state index contributed by atoms with van der Waals surface area (Å²) in [5.41, 5.74) is 2.26. The molecule has 3 aromatic carbocycles. The van der Waals surface area contributed by atoms with Crippen LogP contribution in [0.4, 0.5) is 5.69 Å². The van der Waals surface area contributed by atoms with Crippen LogP contribution in [0, 0.1) is 0 Å². The number of anilines is 1. The molecule has 3 rings (SSSR count). The van der Waals surface area contributed by atoms with Gasteiger partial charge in [0, 0.05) is 37.5 Å². The lowest BCUT2D eigenvalue weighted by atomic mass is 10.0. The fraction of sp³-hybridized carbons (Fsp3) is 0.375. The zero-order valence-corrected chi connectivity index (χ0v) is 26.0. The molecule has 0 aliphatic rings. The smallest absolute Gasteiger partial charge is 0.243 e. The Morgan fingerprint density at radius 2 is 1.60 bits per heavy atom. The van der Waals surface area contributed by atoms with Crippen molar-refractivity contribution in [3.8, 4) is 5.75 Å². The van der Waals surface area contributed by atoms with E-state index in [4.69, 9.17) is 16.3 Å². The Morgan fingerprint density at radius 1 is 0.929 bits per heavy atom. The maximum absolute atomic E-state index is 13.8. The van der Waals surface area contributed by atoms with Crippen LogP contribution in [0.3, 0.4) is 0 Å². The lowest BCUT2D eigenvalue weighted by Crippen LogP contribution is -2.50. The van der Waals surface area contributed by atoms with E-state index in [0.29, 0.717) is 36.0 Å². The molecule has 0 unspecified atom stereocenters. The fourth-order valence-corrected chi connectivity index (χ4v) is 5.68. The highest BCUT2D eigenvalue weighted by molar-refractivity contribution is 7.92. The number of rotatable bonds is 16. The van der Waals surface area contributed by atoms with Gasteiger partial charge in [-0.15, -0.1) is 0 Å². The van der Waals surface area contributed by atoms with Crippen molar-refractivity contribution in [2.45, 2.75) is 52.1 Å². The summed E-state index contributed by atoms with van der Waals surface area (Å²) in [4.78, 5) is 28.9. The van der Waals surface area contributed by atoms with Gasteiger partial charge in [-0.25, -0.2) is 8.42 Å². The third-order valence-electron chi connectivity index (χ3n) is 6.67. The Hall–Kier alpha value is -3.56. The van der Waals surface area contributed by atoms with E-state index in [-0.39, 0.29) is 37.7 Å². The van der Waals surface area contributed by atoms with Crippen molar-refractivity contribution in [2.75, 3.05) is 30.3 Å². The lowest BCUT2D eigenvalue weighted by molar-refractivity contribution is -0.141. The third-order valence-corrected chi connectivity index (χ3v) is 8.12. The summed E-state index contributed by atoms with van der Waals surface area (Å²) in [6.45, 7) is 5.17. The summed E-state index contributed by atoms with van der Waals surface area (Å²) in [7, 11) is -3.60. The van der Waals surface area contributed by atoms with E-state index < -0.39 is 16.1 Å². The normalized spacial score (nSPS) is 11.9. The van der Waals surface area contributed by atoms with E-state index in [1.54, 1.807) is 41.3 Å². The average Bonchev–Trinajstić information content (AvgIpc) is 2.97. The molecule has 0 heterocycles. The molecular formula is C32H40ClN3O5S. The van der Waals surface area contributed by atoms with Crippen LogP contribution >= 0.6 is 11.6 Å². The highest BCUT2D eigenvalue weighted by atomic mass is 35.5. The fourth-order valence-electron chi connectivity index (χ4n) is 4.59. The lowest BCUT2D eigenvalue weighted by Gasteiger charge is -2.32. The summed E-state index contributed by atoms with van der Waals surface area (Å²) in [6, 6.07) is 22.8. The van der Waals surface area contributed by atoms with Gasteiger partial charge in [0.2, 0.25) is 21.8 Å². The molecule has 3 aromatic rings. The van der Waals surface area contributed by atoms with Crippen molar-refractivity contribution in [2.24, 2.45) is 0 Å². The first kappa shape index (κ1) is 32.9. The number of nitrogens with one attached hydrogen (secondary N) is 1. The van der Waals surface area contributed by atoms with Crippen molar-refractivity contribution < 1.29 is 22.7 Å². The Kier molecular flexibility index (Phi) is 12.7. The molecule has 0 radical (unpaired) electrons. The summed E-state index contributed by atoms with van der Waals surface area (Å²) < 4.78 is 32.1. The molecule has 0 fully saturated rings. The minimum atomic E-state index is -3.60. The summed E-state index contributed by atoms with van der Waals surface area (Å²) >= 11 is 6.09. The molecule has 0 spiro atoms. The van der Waals surface area contributed by atoms with Crippen molar-refractivity contribution >= 4 is 39.1 Å². The monoisotopic (exact) mass is 613 g/mol. The van der Waals surface area contributed by atoms with E-state index in [9.17, 15) is 18.0 Å². The molecule has 0 aliphatic heterocycles. The minimum Gasteiger partial charge on any atom is -0.494 e. The van der Waals surface area contributed by atoms with Gasteiger partial charge in [0.25, 0.3) is 0 Å². The average molecular weight is 614 g/mol. The summed E-state index contributed by atoms with van der Waals surface area (Å²) in [6.07, 6.45) is 2.58. The zero-order chi connectivity index (χ0) is 30.5. The van der Waals surface area contributed by atoms with E-state index in [2.05, 4.69) is 5.32 Å². The molecule has 0 aliphatic carbocycles. The maximum Gasteiger partial charge on any atom is 0.243 e. The number of carbonyl (C=O) groups is 2. The van der Waals surface area contributed by atoms with Crippen molar-refractivity contribution in [1.82, 2.24) is 10.2 Å². The van der Waals surface area contributed by atoms with Gasteiger partial charge in [0.15, 0.2) is 0 Å². The second-order valence-electron chi connectivity index (χ2n) is 10.0. The predicted molar refractivity (Wildman–Crippen MR) is 168 cm³/mol. The van der Waals surface area contributed by atoms with Crippen LogP contribution in [-0.2, 0) is 32.6 Å². The Balaban J connectivity index is 1.84. The molecule has 8 nitrogen and oxygen atoms in total. The second kappa shape index (κ2) is 16.2. The first-order valence-electron chi connectivity index (χ1n) is 14.2. The van der Waals surface area contributed by atoms with Crippen LogP contribution in [0.25, 0.3) is 0 Å². The van der Waals surface area contributed by atoms with Gasteiger partial charge in [0.05, 0.1) is 18.6 Å². The van der Waals surface area contributed by atoms with E-state index in [0.717, 1.165) is 23.8 Å². The number of benzene rings is 3. The van der Waals surface area contributed by atoms with Gasteiger partial charge in [-0.3, -0.25) is 13.9 Å². The van der Waals surface area contributed by atoms with Crippen molar-refractivity contribution in [3.05, 3.63) is 95.0 Å². The van der Waals surface area contributed by atoms with Crippen molar-refractivity contribution in [1.29, 1.82) is 0 Å². The number of amides is 2. The SMILES string of the molecule is CCCNC(=O)[C@@H](Cc1ccccc1)N(Cc1ccc(Cl)cc1)C(=O)CCCN(c1ccc(OCC)cc1)S(C)(=O)=O. The topological polar surface area (TPSA) is 96.0 Å². The molecule has 0 saturated carbocycles. The standard InChI is InChI=1S/C32H40ClN3O5S/c1-4-21-34-32(38)30(23-25-10-7-6-8-11-25)35(24-26-13-15-27(33)16-14-26)31(37)12-9-22-36(42(3,39)40)28-17-19-29(20-18-28)41-5-2/h6-8,10-11,13-20,30H,4-5,9,12,21-24H2,1-3H3,(H,34,38)/t30-/m1/s1. The number of hydrogen-bond donors (Lipinski definition) is 1. The van der Waals surface area contributed by atoms with Crippen LogP contribution in [-0.4, -0.2) is 57.1 Å². The van der Waals surface area contributed by atoms with Gasteiger partial charge in [-0.2, -0.15) is 0 Å². The first-order valence-corrected chi connectivity index (χ1v) is 16.4. The van der Waals surface area contributed by atoms with Crippen LogP contribution in [0.15, 0.2) is 78.9 Å². The van der Waals surface area contributed by atoms with Gasteiger partial charge in [-0.05, 0) is 67.3 Å².